The summed E-state index contributed by atoms with van der Waals surface area (Å²) < 4.78 is 6.43. The normalized spacial score (nSPS) is 10.7. The van der Waals surface area contributed by atoms with Crippen LogP contribution in [0.2, 0.25) is 0 Å². The van der Waals surface area contributed by atoms with Gasteiger partial charge in [-0.1, -0.05) is 12.1 Å². The highest BCUT2D eigenvalue weighted by Crippen LogP contribution is 2.11. The number of anilines is 2. The van der Waals surface area contributed by atoms with E-state index in [9.17, 15) is 9.59 Å². The Morgan fingerprint density at radius 3 is 2.81 bits per heavy atom. The molecule has 0 fully saturated rings. The molecule has 0 spiro atoms. The summed E-state index contributed by atoms with van der Waals surface area (Å²) in [6, 6.07) is 8.86. The maximum absolute atomic E-state index is 12.1. The summed E-state index contributed by atoms with van der Waals surface area (Å²) in [5.74, 6) is 0.428. The van der Waals surface area contributed by atoms with Crippen molar-refractivity contribution in [2.75, 3.05) is 30.3 Å². The summed E-state index contributed by atoms with van der Waals surface area (Å²) in [5, 5.41) is 8.98. The Balaban J connectivity index is 1.51. The van der Waals surface area contributed by atoms with E-state index in [1.165, 1.54) is 4.57 Å². The topological polar surface area (TPSA) is 114 Å². The molecular formula is C18H22N6O3. The number of nitrogens with one attached hydrogen (secondary N) is 3. The number of carbonyl (C=O) groups is 1. The molecule has 0 aliphatic heterocycles. The average Bonchev–Trinajstić information content (AvgIpc) is 2.94. The van der Waals surface area contributed by atoms with E-state index >= 15 is 0 Å². The van der Waals surface area contributed by atoms with Gasteiger partial charge >= 0.3 is 5.76 Å². The van der Waals surface area contributed by atoms with Crippen LogP contribution >= 0.6 is 0 Å². The fourth-order valence-electron chi connectivity index (χ4n) is 2.66. The molecule has 3 N–H and O–H groups in total. The van der Waals surface area contributed by atoms with Crippen molar-refractivity contribution >= 4 is 28.8 Å². The smallest absolute Gasteiger partial charge is 0.408 e. The number of carbonyl (C=O) groups excluding carboxylic acids is 1. The third-order valence-corrected chi connectivity index (χ3v) is 3.82. The van der Waals surface area contributed by atoms with Crippen molar-refractivity contribution in [2.24, 2.45) is 0 Å². The zero-order valence-electron chi connectivity index (χ0n) is 15.3. The van der Waals surface area contributed by atoms with Gasteiger partial charge in [-0.3, -0.25) is 9.36 Å². The van der Waals surface area contributed by atoms with Gasteiger partial charge in [0.2, 0.25) is 11.9 Å². The number of fused-ring (bicyclic) bond motifs is 1. The number of nitrogens with zero attached hydrogens (tertiary/aromatic N) is 3. The van der Waals surface area contributed by atoms with Crippen LogP contribution < -0.4 is 21.7 Å². The maximum atomic E-state index is 12.1. The van der Waals surface area contributed by atoms with Crippen LogP contribution in [0.3, 0.4) is 0 Å². The minimum atomic E-state index is -0.548. The van der Waals surface area contributed by atoms with Crippen LogP contribution in [0.5, 0.6) is 0 Å². The van der Waals surface area contributed by atoms with Crippen LogP contribution in [0.4, 0.5) is 11.8 Å². The highest BCUT2D eigenvalue weighted by molar-refractivity contribution is 5.79. The molecule has 9 heteroatoms. The van der Waals surface area contributed by atoms with Gasteiger partial charge in [0, 0.05) is 31.4 Å². The van der Waals surface area contributed by atoms with E-state index in [0.717, 1.165) is 18.1 Å². The lowest BCUT2D eigenvalue weighted by atomic mass is 10.3. The van der Waals surface area contributed by atoms with E-state index < -0.39 is 5.76 Å². The second-order valence-electron chi connectivity index (χ2n) is 5.95. The molecule has 0 bridgehead atoms. The molecule has 0 aliphatic rings. The van der Waals surface area contributed by atoms with Gasteiger partial charge < -0.3 is 20.4 Å². The largest absolute Gasteiger partial charge is 0.420 e. The molecule has 0 unspecified atom stereocenters. The van der Waals surface area contributed by atoms with Crippen LogP contribution in [0.15, 0.2) is 39.5 Å². The SMILES string of the molecule is CCNc1cc(C)nc(NCCNC(=O)Cn2c(=O)oc3ccccc32)n1. The van der Waals surface area contributed by atoms with Gasteiger partial charge in [0.15, 0.2) is 5.58 Å². The van der Waals surface area contributed by atoms with Crippen molar-refractivity contribution in [3.05, 3.63) is 46.6 Å². The molecule has 0 atom stereocenters. The third kappa shape index (κ3) is 4.63. The molecule has 9 nitrogen and oxygen atoms in total. The lowest BCUT2D eigenvalue weighted by Gasteiger charge is -2.09. The molecule has 0 saturated carbocycles. The summed E-state index contributed by atoms with van der Waals surface area (Å²) in [6.07, 6.45) is 0. The number of aryl methyl sites for hydroxylation is 1. The first-order chi connectivity index (χ1) is 13.1. The second-order valence-corrected chi connectivity index (χ2v) is 5.95. The van der Waals surface area contributed by atoms with E-state index in [1.807, 2.05) is 19.9 Å². The van der Waals surface area contributed by atoms with Gasteiger partial charge in [0.25, 0.3) is 0 Å². The summed E-state index contributed by atoms with van der Waals surface area (Å²) in [4.78, 5) is 32.7. The van der Waals surface area contributed by atoms with Crippen molar-refractivity contribution in [3.8, 4) is 0 Å². The van der Waals surface area contributed by atoms with E-state index in [1.54, 1.807) is 24.3 Å². The minimum Gasteiger partial charge on any atom is -0.408 e. The predicted octanol–water partition coefficient (Wildman–Crippen LogP) is 1.35. The van der Waals surface area contributed by atoms with Crippen LogP contribution in [0.1, 0.15) is 12.6 Å². The van der Waals surface area contributed by atoms with E-state index in [2.05, 4.69) is 25.9 Å². The summed E-state index contributed by atoms with van der Waals surface area (Å²) in [6.45, 7) is 5.39. The highest BCUT2D eigenvalue weighted by Gasteiger charge is 2.11. The van der Waals surface area contributed by atoms with Gasteiger partial charge in [-0.15, -0.1) is 0 Å². The summed E-state index contributed by atoms with van der Waals surface area (Å²) in [5.41, 5.74) is 1.91. The van der Waals surface area contributed by atoms with E-state index in [0.29, 0.717) is 30.1 Å². The van der Waals surface area contributed by atoms with E-state index in [4.69, 9.17) is 4.42 Å². The van der Waals surface area contributed by atoms with Crippen LogP contribution in [0.25, 0.3) is 11.1 Å². The third-order valence-electron chi connectivity index (χ3n) is 3.82. The Hall–Kier alpha value is -3.36. The molecule has 3 rings (SSSR count). The Kier molecular flexibility index (Phi) is 5.70. The van der Waals surface area contributed by atoms with Gasteiger partial charge in [-0.05, 0) is 26.0 Å². The number of rotatable bonds is 8. The lowest BCUT2D eigenvalue weighted by molar-refractivity contribution is -0.121. The molecule has 0 aliphatic carbocycles. The predicted molar refractivity (Wildman–Crippen MR) is 103 cm³/mol. The standard InChI is InChI=1S/C18H22N6O3/c1-3-19-15-10-12(2)22-17(23-15)21-9-8-20-16(25)11-24-13-6-4-5-7-14(13)27-18(24)26/h4-7,10H,3,8-9,11H2,1-2H3,(H,20,25)(H2,19,21,22,23). The molecule has 1 amide bonds. The first-order valence-electron chi connectivity index (χ1n) is 8.75. The van der Waals surface area contributed by atoms with E-state index in [-0.39, 0.29) is 12.5 Å². The van der Waals surface area contributed by atoms with Crippen LogP contribution in [-0.4, -0.2) is 40.1 Å². The fourth-order valence-corrected chi connectivity index (χ4v) is 2.66. The average molecular weight is 370 g/mol. The first-order valence-corrected chi connectivity index (χ1v) is 8.75. The number of oxazole rings is 1. The Morgan fingerprint density at radius 2 is 2.00 bits per heavy atom. The number of aromatic nitrogens is 3. The molecule has 3 aromatic rings. The first kappa shape index (κ1) is 18.4. The molecule has 1 aromatic carbocycles. The number of para-hydroxylation sites is 2. The molecule has 2 aromatic heterocycles. The van der Waals surface area contributed by atoms with Crippen LogP contribution in [0, 0.1) is 6.92 Å². The number of benzene rings is 1. The Labute approximate surface area is 155 Å². The maximum Gasteiger partial charge on any atom is 0.420 e. The minimum absolute atomic E-state index is 0.0959. The number of hydrogen-bond donors (Lipinski definition) is 3. The molecule has 0 saturated heterocycles. The van der Waals surface area contributed by atoms with Gasteiger partial charge in [0.05, 0.1) is 5.52 Å². The number of amides is 1. The van der Waals surface area contributed by atoms with Gasteiger partial charge in [-0.2, -0.15) is 4.98 Å². The Morgan fingerprint density at radius 1 is 1.19 bits per heavy atom. The fraction of sp³-hybridized carbons (Fsp3) is 0.333. The molecule has 0 radical (unpaired) electrons. The van der Waals surface area contributed by atoms with Crippen molar-refractivity contribution < 1.29 is 9.21 Å². The van der Waals surface area contributed by atoms with Crippen LogP contribution in [-0.2, 0) is 11.3 Å². The zero-order chi connectivity index (χ0) is 19.2. The van der Waals surface area contributed by atoms with Gasteiger partial charge in [-0.25, -0.2) is 9.78 Å². The molecule has 2 heterocycles. The summed E-state index contributed by atoms with van der Waals surface area (Å²) in [7, 11) is 0. The zero-order valence-corrected chi connectivity index (χ0v) is 15.3. The molecule has 27 heavy (non-hydrogen) atoms. The quantitative estimate of drug-likeness (QED) is 0.513. The summed E-state index contributed by atoms with van der Waals surface area (Å²) >= 11 is 0. The van der Waals surface area contributed by atoms with Gasteiger partial charge in [0.1, 0.15) is 12.4 Å². The van der Waals surface area contributed by atoms with Crippen molar-refractivity contribution in [2.45, 2.75) is 20.4 Å². The van der Waals surface area contributed by atoms with Crippen molar-refractivity contribution in [1.82, 2.24) is 19.9 Å². The Bertz CT molecular complexity index is 994. The lowest BCUT2D eigenvalue weighted by Crippen LogP contribution is -2.34. The van der Waals surface area contributed by atoms with Crippen molar-refractivity contribution in [1.29, 1.82) is 0 Å². The second kappa shape index (κ2) is 8.35. The molecular weight excluding hydrogens is 348 g/mol. The highest BCUT2D eigenvalue weighted by atomic mass is 16.4. The monoisotopic (exact) mass is 370 g/mol. The number of hydrogen-bond acceptors (Lipinski definition) is 7. The van der Waals surface area contributed by atoms with Crippen molar-refractivity contribution in [3.63, 3.8) is 0 Å². The molecule has 142 valence electrons.